The van der Waals surface area contributed by atoms with Crippen molar-refractivity contribution in [3.63, 3.8) is 0 Å². The summed E-state index contributed by atoms with van der Waals surface area (Å²) >= 11 is 0. The average Bonchev–Trinajstić information content (AvgIpc) is 2.79. The molecule has 0 aromatic carbocycles. The number of likely N-dealkylation sites (tertiary alicyclic amines) is 1. The number of nitrogens with two attached hydrogens (primary N) is 1. The molecule has 1 amide bonds. The van der Waals surface area contributed by atoms with Crippen molar-refractivity contribution < 1.29 is 14.6 Å². The first-order valence-electron chi connectivity index (χ1n) is 5.93. The van der Waals surface area contributed by atoms with Crippen molar-refractivity contribution in [3.8, 4) is 5.88 Å². The summed E-state index contributed by atoms with van der Waals surface area (Å²) in [6.07, 6.45) is 0.831. The van der Waals surface area contributed by atoms with Crippen molar-refractivity contribution >= 4 is 11.8 Å². The summed E-state index contributed by atoms with van der Waals surface area (Å²) in [5, 5.41) is 9.00. The minimum Gasteiger partial charge on any atom is -0.475 e. The van der Waals surface area contributed by atoms with Crippen LogP contribution in [0.1, 0.15) is 18.5 Å². The van der Waals surface area contributed by atoms with Gasteiger partial charge in [-0.25, -0.2) is 9.78 Å². The molecule has 0 aliphatic carbocycles. The lowest BCUT2D eigenvalue weighted by molar-refractivity contribution is 0.122. The highest BCUT2D eigenvalue weighted by molar-refractivity contribution is 5.65. The summed E-state index contributed by atoms with van der Waals surface area (Å²) in [5.74, 6) is 0.485. The van der Waals surface area contributed by atoms with E-state index in [2.05, 4.69) is 4.98 Å². The third-order valence-corrected chi connectivity index (χ3v) is 3.15. The van der Waals surface area contributed by atoms with E-state index in [1.54, 1.807) is 19.1 Å². The van der Waals surface area contributed by atoms with Crippen molar-refractivity contribution in [2.24, 2.45) is 0 Å². The van der Waals surface area contributed by atoms with E-state index in [1.807, 2.05) is 0 Å². The van der Waals surface area contributed by atoms with Gasteiger partial charge in [0.05, 0.1) is 17.4 Å². The number of anilines is 1. The fourth-order valence-corrected chi connectivity index (χ4v) is 2.07. The van der Waals surface area contributed by atoms with Gasteiger partial charge in [-0.2, -0.15) is 0 Å². The summed E-state index contributed by atoms with van der Waals surface area (Å²) in [6, 6.07) is 3.35. The van der Waals surface area contributed by atoms with Crippen molar-refractivity contribution in [1.82, 2.24) is 9.88 Å². The van der Waals surface area contributed by atoms with Crippen LogP contribution in [0.4, 0.5) is 10.5 Å². The fourth-order valence-electron chi connectivity index (χ4n) is 2.07. The SMILES string of the molecule is Cc1nc(OC[C@H]2CCCN2C(=O)O)ccc1N. The number of nitrogens with zero attached hydrogens (tertiary/aromatic N) is 2. The minimum atomic E-state index is -0.887. The predicted molar refractivity (Wildman–Crippen MR) is 66.6 cm³/mol. The van der Waals surface area contributed by atoms with Gasteiger partial charge in [0.1, 0.15) is 6.61 Å². The quantitative estimate of drug-likeness (QED) is 0.849. The lowest BCUT2D eigenvalue weighted by Crippen LogP contribution is -2.38. The van der Waals surface area contributed by atoms with Gasteiger partial charge in [-0.3, -0.25) is 0 Å². The first-order valence-corrected chi connectivity index (χ1v) is 5.93. The molecular weight excluding hydrogens is 234 g/mol. The average molecular weight is 251 g/mol. The molecule has 18 heavy (non-hydrogen) atoms. The molecule has 0 spiro atoms. The van der Waals surface area contributed by atoms with Gasteiger partial charge in [-0.15, -0.1) is 0 Å². The van der Waals surface area contributed by atoms with E-state index in [0.717, 1.165) is 12.8 Å². The second-order valence-electron chi connectivity index (χ2n) is 4.41. The molecule has 6 heteroatoms. The summed E-state index contributed by atoms with van der Waals surface area (Å²) in [6.45, 7) is 2.72. The Kier molecular flexibility index (Phi) is 3.55. The van der Waals surface area contributed by atoms with Crippen LogP contribution in [0.5, 0.6) is 5.88 Å². The van der Waals surface area contributed by atoms with Gasteiger partial charge in [0.2, 0.25) is 5.88 Å². The fraction of sp³-hybridized carbons (Fsp3) is 0.500. The van der Waals surface area contributed by atoms with Crippen LogP contribution in [0.25, 0.3) is 0 Å². The second-order valence-corrected chi connectivity index (χ2v) is 4.41. The lowest BCUT2D eigenvalue weighted by Gasteiger charge is -2.21. The van der Waals surface area contributed by atoms with E-state index in [4.69, 9.17) is 15.6 Å². The number of hydrogen-bond acceptors (Lipinski definition) is 4. The zero-order valence-electron chi connectivity index (χ0n) is 10.3. The number of hydrogen-bond donors (Lipinski definition) is 2. The molecular formula is C12H17N3O3. The number of carboxylic acid groups (broad SMARTS) is 1. The lowest BCUT2D eigenvalue weighted by atomic mass is 10.2. The molecule has 1 atom stereocenters. The largest absolute Gasteiger partial charge is 0.475 e. The van der Waals surface area contributed by atoms with Crippen LogP contribution >= 0.6 is 0 Å². The number of carbonyl (C=O) groups is 1. The highest BCUT2D eigenvalue weighted by Crippen LogP contribution is 2.19. The van der Waals surface area contributed by atoms with Crippen molar-refractivity contribution in [1.29, 1.82) is 0 Å². The molecule has 0 radical (unpaired) electrons. The van der Waals surface area contributed by atoms with Crippen LogP contribution in [0, 0.1) is 6.92 Å². The number of amides is 1. The molecule has 1 aromatic heterocycles. The molecule has 0 unspecified atom stereocenters. The van der Waals surface area contributed by atoms with Crippen LogP contribution in [-0.2, 0) is 0 Å². The third kappa shape index (κ3) is 2.64. The molecule has 98 valence electrons. The number of pyridine rings is 1. The predicted octanol–water partition coefficient (Wildman–Crippen LogP) is 1.49. The minimum absolute atomic E-state index is 0.0813. The summed E-state index contributed by atoms with van der Waals surface area (Å²) in [5.41, 5.74) is 7.00. The summed E-state index contributed by atoms with van der Waals surface area (Å²) < 4.78 is 5.53. The molecule has 2 rings (SSSR count). The number of aryl methyl sites for hydroxylation is 1. The maximum atomic E-state index is 11.0. The maximum Gasteiger partial charge on any atom is 0.407 e. The van der Waals surface area contributed by atoms with E-state index in [-0.39, 0.29) is 6.04 Å². The Morgan fingerprint density at radius 1 is 1.67 bits per heavy atom. The molecule has 6 nitrogen and oxygen atoms in total. The first-order chi connectivity index (χ1) is 8.58. The zero-order valence-corrected chi connectivity index (χ0v) is 10.3. The van der Waals surface area contributed by atoms with Crippen LogP contribution in [0.2, 0.25) is 0 Å². The Hall–Kier alpha value is -1.98. The van der Waals surface area contributed by atoms with E-state index < -0.39 is 6.09 Å². The summed E-state index contributed by atoms with van der Waals surface area (Å²) in [4.78, 5) is 16.6. The van der Waals surface area contributed by atoms with Gasteiger partial charge in [0.25, 0.3) is 0 Å². The molecule has 2 heterocycles. The molecule has 1 aromatic rings. The van der Waals surface area contributed by atoms with Crippen molar-refractivity contribution in [2.45, 2.75) is 25.8 Å². The molecule has 0 saturated carbocycles. The van der Waals surface area contributed by atoms with Crippen LogP contribution in [-0.4, -0.2) is 40.3 Å². The van der Waals surface area contributed by atoms with Gasteiger partial charge >= 0.3 is 6.09 Å². The van der Waals surface area contributed by atoms with E-state index in [1.165, 1.54) is 4.90 Å². The van der Waals surface area contributed by atoms with Crippen LogP contribution in [0.3, 0.4) is 0 Å². The zero-order chi connectivity index (χ0) is 13.1. The Bertz CT molecular complexity index is 450. The monoisotopic (exact) mass is 251 g/mol. The van der Waals surface area contributed by atoms with Crippen molar-refractivity contribution in [3.05, 3.63) is 17.8 Å². The number of ether oxygens (including phenoxy) is 1. The van der Waals surface area contributed by atoms with Gasteiger partial charge in [-0.05, 0) is 25.8 Å². The van der Waals surface area contributed by atoms with Gasteiger partial charge in [0.15, 0.2) is 0 Å². The first kappa shape index (κ1) is 12.5. The number of rotatable bonds is 3. The Morgan fingerprint density at radius 3 is 3.11 bits per heavy atom. The normalized spacial score (nSPS) is 18.9. The second kappa shape index (κ2) is 5.12. The smallest absolute Gasteiger partial charge is 0.407 e. The summed E-state index contributed by atoms with van der Waals surface area (Å²) in [7, 11) is 0. The molecule has 1 aliphatic rings. The van der Waals surface area contributed by atoms with Crippen LogP contribution < -0.4 is 10.5 Å². The maximum absolute atomic E-state index is 11.0. The molecule has 1 aliphatic heterocycles. The van der Waals surface area contributed by atoms with Gasteiger partial charge < -0.3 is 20.5 Å². The molecule has 1 saturated heterocycles. The molecule has 0 bridgehead atoms. The number of aromatic nitrogens is 1. The molecule has 3 N–H and O–H groups in total. The Balaban J connectivity index is 1.94. The highest BCUT2D eigenvalue weighted by atomic mass is 16.5. The van der Waals surface area contributed by atoms with Crippen molar-refractivity contribution in [2.75, 3.05) is 18.9 Å². The van der Waals surface area contributed by atoms with Gasteiger partial charge in [0, 0.05) is 12.6 Å². The third-order valence-electron chi connectivity index (χ3n) is 3.15. The molecule has 1 fully saturated rings. The Labute approximate surface area is 105 Å². The van der Waals surface area contributed by atoms with Crippen LogP contribution in [0.15, 0.2) is 12.1 Å². The van der Waals surface area contributed by atoms with Gasteiger partial charge in [-0.1, -0.05) is 0 Å². The topological polar surface area (TPSA) is 88.7 Å². The van der Waals surface area contributed by atoms with E-state index in [9.17, 15) is 4.79 Å². The highest BCUT2D eigenvalue weighted by Gasteiger charge is 2.28. The number of nitrogen functional groups attached to an aromatic ring is 1. The van der Waals surface area contributed by atoms with E-state index >= 15 is 0 Å². The standard InChI is InChI=1S/C12H17N3O3/c1-8-10(13)4-5-11(14-8)18-7-9-3-2-6-15(9)12(16)17/h4-5,9H,2-3,6-7,13H2,1H3,(H,16,17)/t9-/m1/s1. The van der Waals surface area contributed by atoms with E-state index in [0.29, 0.717) is 30.4 Å². The Morgan fingerprint density at radius 2 is 2.44 bits per heavy atom.